The highest BCUT2D eigenvalue weighted by Gasteiger charge is 2.07. The molecule has 0 unspecified atom stereocenters. The molecule has 5 heteroatoms. The summed E-state index contributed by atoms with van der Waals surface area (Å²) in [6.07, 6.45) is 1.36. The number of hydrogen-bond donors (Lipinski definition) is 1. The van der Waals surface area contributed by atoms with Crippen LogP contribution < -0.4 is 9.47 Å². The van der Waals surface area contributed by atoms with Gasteiger partial charge in [-0.25, -0.2) is 9.78 Å². The number of pyridine rings is 1. The van der Waals surface area contributed by atoms with Gasteiger partial charge in [0, 0.05) is 0 Å². The number of para-hydroxylation sites is 2. The minimum absolute atomic E-state index is 0.0256. The van der Waals surface area contributed by atoms with Gasteiger partial charge in [-0.3, -0.25) is 0 Å². The van der Waals surface area contributed by atoms with Crippen molar-refractivity contribution in [2.45, 2.75) is 0 Å². The first-order valence-corrected chi connectivity index (χ1v) is 5.21. The van der Waals surface area contributed by atoms with Crippen LogP contribution in [0.1, 0.15) is 10.5 Å². The highest BCUT2D eigenvalue weighted by molar-refractivity contribution is 5.85. The van der Waals surface area contributed by atoms with Gasteiger partial charge in [-0.05, 0) is 24.3 Å². The standard InChI is InChI=1S/C13H11NO4/c1-17-11-4-2-3-5-12(11)18-9-6-7-10(13(15)16)14-8-9/h2-8H,1H3,(H,15,16). The summed E-state index contributed by atoms with van der Waals surface area (Å²) in [6, 6.07) is 10.1. The van der Waals surface area contributed by atoms with Gasteiger partial charge < -0.3 is 14.6 Å². The van der Waals surface area contributed by atoms with Crippen molar-refractivity contribution in [3.05, 3.63) is 48.3 Å². The van der Waals surface area contributed by atoms with E-state index < -0.39 is 5.97 Å². The van der Waals surface area contributed by atoms with Crippen molar-refractivity contribution in [2.24, 2.45) is 0 Å². The fourth-order valence-corrected chi connectivity index (χ4v) is 1.40. The molecule has 0 radical (unpaired) electrons. The predicted molar refractivity (Wildman–Crippen MR) is 64.3 cm³/mol. The smallest absolute Gasteiger partial charge is 0.354 e. The van der Waals surface area contributed by atoms with Crippen molar-refractivity contribution in [1.82, 2.24) is 4.98 Å². The Morgan fingerprint density at radius 3 is 2.44 bits per heavy atom. The van der Waals surface area contributed by atoms with E-state index in [4.69, 9.17) is 14.6 Å². The maximum atomic E-state index is 10.6. The molecule has 0 amide bonds. The Hall–Kier alpha value is -2.56. The van der Waals surface area contributed by atoms with E-state index in [1.54, 1.807) is 25.3 Å². The number of carboxylic acids is 1. The van der Waals surface area contributed by atoms with Gasteiger partial charge in [0.25, 0.3) is 0 Å². The first kappa shape index (κ1) is 11.9. The van der Waals surface area contributed by atoms with Gasteiger partial charge in [-0.2, -0.15) is 0 Å². The van der Waals surface area contributed by atoms with Crippen LogP contribution in [0.2, 0.25) is 0 Å². The Labute approximate surface area is 104 Å². The molecule has 0 bridgehead atoms. The van der Waals surface area contributed by atoms with E-state index in [0.29, 0.717) is 17.2 Å². The number of nitrogens with zero attached hydrogens (tertiary/aromatic N) is 1. The summed E-state index contributed by atoms with van der Waals surface area (Å²) in [5, 5.41) is 8.72. The maximum absolute atomic E-state index is 10.6. The third-order valence-electron chi connectivity index (χ3n) is 2.25. The van der Waals surface area contributed by atoms with Crippen molar-refractivity contribution in [1.29, 1.82) is 0 Å². The van der Waals surface area contributed by atoms with Crippen LogP contribution in [0.25, 0.3) is 0 Å². The third-order valence-corrected chi connectivity index (χ3v) is 2.25. The zero-order valence-electron chi connectivity index (χ0n) is 9.66. The molecule has 18 heavy (non-hydrogen) atoms. The quantitative estimate of drug-likeness (QED) is 0.896. The number of benzene rings is 1. The first-order valence-electron chi connectivity index (χ1n) is 5.21. The fourth-order valence-electron chi connectivity index (χ4n) is 1.40. The molecule has 5 nitrogen and oxygen atoms in total. The van der Waals surface area contributed by atoms with Gasteiger partial charge in [0.1, 0.15) is 11.4 Å². The molecule has 0 aliphatic heterocycles. The lowest BCUT2D eigenvalue weighted by atomic mass is 10.3. The average Bonchev–Trinajstić information content (AvgIpc) is 2.40. The van der Waals surface area contributed by atoms with E-state index >= 15 is 0 Å². The van der Waals surface area contributed by atoms with Crippen molar-refractivity contribution >= 4 is 5.97 Å². The Balaban J connectivity index is 2.21. The number of methoxy groups -OCH3 is 1. The van der Waals surface area contributed by atoms with Crippen LogP contribution >= 0.6 is 0 Å². The van der Waals surface area contributed by atoms with Crippen molar-refractivity contribution in [3.63, 3.8) is 0 Å². The van der Waals surface area contributed by atoms with Crippen LogP contribution in [0.5, 0.6) is 17.2 Å². The molecule has 0 saturated heterocycles. The minimum atomic E-state index is -1.07. The summed E-state index contributed by atoms with van der Waals surface area (Å²) in [4.78, 5) is 14.4. The maximum Gasteiger partial charge on any atom is 0.354 e. The van der Waals surface area contributed by atoms with Crippen molar-refractivity contribution in [2.75, 3.05) is 7.11 Å². The lowest BCUT2D eigenvalue weighted by Crippen LogP contribution is -1.99. The Kier molecular flexibility index (Phi) is 3.43. The zero-order valence-corrected chi connectivity index (χ0v) is 9.66. The van der Waals surface area contributed by atoms with Crippen molar-refractivity contribution in [3.8, 4) is 17.2 Å². The molecule has 1 N–H and O–H groups in total. The number of aromatic nitrogens is 1. The summed E-state index contributed by atoms with van der Waals surface area (Å²) < 4.78 is 10.7. The van der Waals surface area contributed by atoms with Gasteiger partial charge in [-0.15, -0.1) is 0 Å². The van der Waals surface area contributed by atoms with Crippen LogP contribution in [0.15, 0.2) is 42.6 Å². The molecule has 0 saturated carbocycles. The highest BCUT2D eigenvalue weighted by atomic mass is 16.5. The van der Waals surface area contributed by atoms with Crippen LogP contribution in [0.4, 0.5) is 0 Å². The number of carbonyl (C=O) groups is 1. The van der Waals surface area contributed by atoms with Crippen LogP contribution in [-0.4, -0.2) is 23.2 Å². The first-order chi connectivity index (χ1) is 8.70. The third kappa shape index (κ3) is 2.57. The number of hydrogen-bond acceptors (Lipinski definition) is 4. The Morgan fingerprint density at radius 1 is 1.17 bits per heavy atom. The summed E-state index contributed by atoms with van der Waals surface area (Å²) in [5.74, 6) is 0.521. The lowest BCUT2D eigenvalue weighted by molar-refractivity contribution is 0.0690. The summed E-state index contributed by atoms with van der Waals surface area (Å²) >= 11 is 0. The lowest BCUT2D eigenvalue weighted by Gasteiger charge is -2.09. The Morgan fingerprint density at radius 2 is 1.89 bits per heavy atom. The molecule has 0 aliphatic carbocycles. The second-order valence-corrected chi connectivity index (χ2v) is 3.44. The SMILES string of the molecule is COc1ccccc1Oc1ccc(C(=O)O)nc1. The molecule has 1 heterocycles. The summed E-state index contributed by atoms with van der Waals surface area (Å²) in [6.45, 7) is 0. The van der Waals surface area contributed by atoms with Gasteiger partial charge >= 0.3 is 5.97 Å². The molecule has 0 atom stereocenters. The second kappa shape index (κ2) is 5.18. The van der Waals surface area contributed by atoms with Crippen LogP contribution in [-0.2, 0) is 0 Å². The predicted octanol–water partition coefficient (Wildman–Crippen LogP) is 2.58. The number of ether oxygens (including phenoxy) is 2. The summed E-state index contributed by atoms with van der Waals surface area (Å²) in [7, 11) is 1.55. The molecule has 0 spiro atoms. The molecular weight excluding hydrogens is 234 g/mol. The molecule has 2 aromatic rings. The van der Waals surface area contributed by atoms with Gasteiger partial charge in [0.2, 0.25) is 0 Å². The van der Waals surface area contributed by atoms with Crippen LogP contribution in [0.3, 0.4) is 0 Å². The van der Waals surface area contributed by atoms with Gasteiger partial charge in [-0.1, -0.05) is 12.1 Å². The van der Waals surface area contributed by atoms with E-state index in [1.807, 2.05) is 12.1 Å². The second-order valence-electron chi connectivity index (χ2n) is 3.44. The average molecular weight is 245 g/mol. The van der Waals surface area contributed by atoms with E-state index in [2.05, 4.69) is 4.98 Å². The van der Waals surface area contributed by atoms with E-state index in [1.165, 1.54) is 12.3 Å². The van der Waals surface area contributed by atoms with E-state index in [0.717, 1.165) is 0 Å². The molecule has 0 aliphatic rings. The Bertz CT molecular complexity index is 551. The monoisotopic (exact) mass is 245 g/mol. The normalized spacial score (nSPS) is 9.83. The topological polar surface area (TPSA) is 68.7 Å². The fraction of sp³-hybridized carbons (Fsp3) is 0.0769. The number of rotatable bonds is 4. The molecule has 1 aromatic heterocycles. The summed E-state index contributed by atoms with van der Waals surface area (Å²) in [5.41, 5.74) is -0.0256. The van der Waals surface area contributed by atoms with Crippen molar-refractivity contribution < 1.29 is 19.4 Å². The molecule has 2 rings (SSSR count). The van der Waals surface area contributed by atoms with Crippen LogP contribution in [0, 0.1) is 0 Å². The van der Waals surface area contributed by atoms with E-state index in [-0.39, 0.29) is 5.69 Å². The molecule has 92 valence electrons. The largest absolute Gasteiger partial charge is 0.493 e. The molecule has 0 fully saturated rings. The molecule has 1 aromatic carbocycles. The van der Waals surface area contributed by atoms with Gasteiger partial charge in [0.15, 0.2) is 11.5 Å². The minimum Gasteiger partial charge on any atom is -0.493 e. The number of carboxylic acid groups (broad SMARTS) is 1. The zero-order chi connectivity index (χ0) is 13.0. The van der Waals surface area contributed by atoms with E-state index in [9.17, 15) is 4.79 Å². The highest BCUT2D eigenvalue weighted by Crippen LogP contribution is 2.30. The number of aromatic carboxylic acids is 1. The van der Waals surface area contributed by atoms with Gasteiger partial charge in [0.05, 0.1) is 13.3 Å². The molecular formula is C13H11NO4.